The first-order valence-corrected chi connectivity index (χ1v) is 17.2. The summed E-state index contributed by atoms with van der Waals surface area (Å²) in [4.78, 5) is 60.1. The minimum absolute atomic E-state index is 0.0380. The van der Waals surface area contributed by atoms with Crippen molar-refractivity contribution in [3.63, 3.8) is 0 Å². The van der Waals surface area contributed by atoms with E-state index in [9.17, 15) is 44.4 Å². The summed E-state index contributed by atoms with van der Waals surface area (Å²) in [6.45, 7) is 7.48. The van der Waals surface area contributed by atoms with Crippen LogP contribution < -0.4 is 4.74 Å². The van der Waals surface area contributed by atoms with Crippen LogP contribution in [-0.4, -0.2) is 125 Å². The second-order valence-corrected chi connectivity index (χ2v) is 13.6. The molecule has 0 unspecified atom stereocenters. The third kappa shape index (κ3) is 13.4. The summed E-state index contributed by atoms with van der Waals surface area (Å²) in [6.07, 6.45) is -1.58. The molecule has 2 aliphatic rings. The minimum atomic E-state index is -1.71. The van der Waals surface area contributed by atoms with Gasteiger partial charge in [0.25, 0.3) is 11.8 Å². The van der Waals surface area contributed by atoms with Gasteiger partial charge in [-0.2, -0.15) is 0 Å². The number of carboxylic acids is 1. The average molecular weight is 722 g/mol. The first-order chi connectivity index (χ1) is 24.2. The van der Waals surface area contributed by atoms with Gasteiger partial charge in [0.1, 0.15) is 36.5 Å². The molecule has 1 fully saturated rings. The number of aliphatic hydroxyl groups excluding tert-OH is 3. The highest BCUT2D eigenvalue weighted by atomic mass is 16.5. The lowest BCUT2D eigenvalue weighted by molar-refractivity contribution is -0.175. The first-order valence-electron chi connectivity index (χ1n) is 17.2. The summed E-state index contributed by atoms with van der Waals surface area (Å²) < 4.78 is 28.1. The van der Waals surface area contributed by atoms with E-state index >= 15 is 0 Å². The summed E-state index contributed by atoms with van der Waals surface area (Å²) in [5.74, 6) is -3.65. The fraction of sp³-hybridized carbons (Fsp3) is 0.639. The molecule has 0 radical (unpaired) electrons. The SMILES string of the molecule is CC(C)(C)C(=O)OCc1cc(CCCOCCOCCOCCCC(=O)CCN2C(=O)C=CC2=O)ccc1O[C@@H]1C[C@H](C(=O)O)[C@@H](O)[C@H](O)[C@H]1O. The number of amides is 2. The minimum Gasteiger partial charge on any atom is -0.487 e. The summed E-state index contributed by atoms with van der Waals surface area (Å²) in [5, 5.41) is 40.3. The number of hydrogen-bond donors (Lipinski definition) is 4. The smallest absolute Gasteiger partial charge is 0.311 e. The van der Waals surface area contributed by atoms with E-state index in [-0.39, 0.29) is 37.5 Å². The number of carbonyl (C=O) groups excluding carboxylic acids is 4. The molecule has 0 saturated heterocycles. The Hall–Kier alpha value is -3.73. The van der Waals surface area contributed by atoms with Gasteiger partial charge in [-0.1, -0.05) is 6.07 Å². The van der Waals surface area contributed by atoms with Crippen molar-refractivity contribution in [2.75, 3.05) is 46.2 Å². The zero-order chi connectivity index (χ0) is 37.6. The predicted octanol–water partition coefficient (Wildman–Crippen LogP) is 1.36. The van der Waals surface area contributed by atoms with E-state index in [1.54, 1.807) is 39.0 Å². The van der Waals surface area contributed by atoms with Gasteiger partial charge >= 0.3 is 11.9 Å². The predicted molar refractivity (Wildman–Crippen MR) is 179 cm³/mol. The third-order valence-corrected chi connectivity index (χ3v) is 8.43. The molecule has 0 aromatic heterocycles. The lowest BCUT2D eigenvalue weighted by Crippen LogP contribution is -2.57. The molecule has 4 N–H and O–H groups in total. The van der Waals surface area contributed by atoms with Crippen LogP contribution in [0.4, 0.5) is 0 Å². The maximum Gasteiger partial charge on any atom is 0.311 e. The number of benzene rings is 1. The van der Waals surface area contributed by atoms with E-state index in [0.717, 1.165) is 10.5 Å². The van der Waals surface area contributed by atoms with E-state index in [0.29, 0.717) is 70.9 Å². The molecule has 1 aromatic carbocycles. The number of rotatable bonds is 22. The Kier molecular flexibility index (Phi) is 16.6. The molecule has 0 bridgehead atoms. The fourth-order valence-electron chi connectivity index (χ4n) is 5.40. The van der Waals surface area contributed by atoms with Crippen molar-refractivity contribution in [2.45, 2.75) is 90.3 Å². The number of ether oxygens (including phenoxy) is 5. The van der Waals surface area contributed by atoms with Gasteiger partial charge in [-0.25, -0.2) is 0 Å². The molecule has 1 saturated carbocycles. The average Bonchev–Trinajstić information content (AvgIpc) is 3.40. The number of ketones is 1. The molecular weight excluding hydrogens is 670 g/mol. The number of aliphatic hydroxyl groups is 3. The molecule has 1 aromatic rings. The number of nitrogens with zero attached hydrogens (tertiary/aromatic N) is 1. The Bertz CT molecular complexity index is 1350. The number of imide groups is 1. The normalized spacial score (nSPS) is 22.0. The lowest BCUT2D eigenvalue weighted by Gasteiger charge is -2.38. The fourth-order valence-corrected chi connectivity index (χ4v) is 5.40. The number of esters is 1. The van der Waals surface area contributed by atoms with E-state index in [2.05, 4.69) is 0 Å². The quantitative estimate of drug-likeness (QED) is 0.0756. The number of carboxylic acid groups (broad SMARTS) is 1. The van der Waals surface area contributed by atoms with Crippen molar-refractivity contribution >= 4 is 29.5 Å². The molecule has 1 aliphatic heterocycles. The monoisotopic (exact) mass is 721 g/mol. The molecule has 5 atom stereocenters. The third-order valence-electron chi connectivity index (χ3n) is 8.43. The van der Waals surface area contributed by atoms with Crippen LogP contribution >= 0.6 is 0 Å². The Balaban J connectivity index is 1.33. The molecule has 0 spiro atoms. The summed E-state index contributed by atoms with van der Waals surface area (Å²) in [5.41, 5.74) is 0.655. The summed E-state index contributed by atoms with van der Waals surface area (Å²) >= 11 is 0. The maximum absolute atomic E-state index is 12.5. The van der Waals surface area contributed by atoms with Crippen LogP contribution in [0.5, 0.6) is 5.75 Å². The lowest BCUT2D eigenvalue weighted by atomic mass is 9.80. The second-order valence-electron chi connectivity index (χ2n) is 13.6. The van der Waals surface area contributed by atoms with Crippen LogP contribution in [-0.2, 0) is 55.9 Å². The Labute approximate surface area is 297 Å². The Morgan fingerprint density at radius 2 is 1.43 bits per heavy atom. The zero-order valence-corrected chi connectivity index (χ0v) is 29.5. The molecule has 51 heavy (non-hydrogen) atoms. The number of aliphatic carboxylic acids is 1. The maximum atomic E-state index is 12.5. The van der Waals surface area contributed by atoms with E-state index in [1.807, 2.05) is 0 Å². The zero-order valence-electron chi connectivity index (χ0n) is 29.5. The highest BCUT2D eigenvalue weighted by Gasteiger charge is 2.47. The van der Waals surface area contributed by atoms with Crippen molar-refractivity contribution in [2.24, 2.45) is 11.3 Å². The highest BCUT2D eigenvalue weighted by Crippen LogP contribution is 2.32. The molecular formula is C36H51NO14. The molecule has 3 rings (SSSR count). The molecule has 15 heteroatoms. The van der Waals surface area contributed by atoms with Gasteiger partial charge in [0.05, 0.1) is 43.9 Å². The van der Waals surface area contributed by atoms with Crippen LogP contribution in [0.15, 0.2) is 30.4 Å². The topological polar surface area (TPSA) is 216 Å². The number of carbonyl (C=O) groups is 5. The van der Waals surface area contributed by atoms with Gasteiger partial charge in [0.2, 0.25) is 0 Å². The molecule has 284 valence electrons. The van der Waals surface area contributed by atoms with Gasteiger partial charge in [-0.3, -0.25) is 28.9 Å². The standard InChI is InChI=1S/C36H51NO14/c1-36(2,3)35(46)50-22-24-20-23(8-9-27(24)51-28-21-26(34(44)45)31(41)33(43)32(28)42)6-4-14-47-16-18-49-19-17-48-15-5-7-25(38)12-13-37-29(39)10-11-30(37)40/h8-11,20,26,28,31-33,41-43H,4-7,12-19,21-22H2,1-3H3,(H,44,45)/t26-,28+,31+,32-,33-/m0/s1. The number of hydrogen-bond acceptors (Lipinski definition) is 13. The molecule has 1 heterocycles. The van der Waals surface area contributed by atoms with Crippen molar-refractivity contribution in [1.29, 1.82) is 0 Å². The van der Waals surface area contributed by atoms with Crippen LogP contribution in [0.2, 0.25) is 0 Å². The highest BCUT2D eigenvalue weighted by molar-refractivity contribution is 6.13. The van der Waals surface area contributed by atoms with Crippen molar-refractivity contribution in [1.82, 2.24) is 4.90 Å². The van der Waals surface area contributed by atoms with Gasteiger partial charge in [-0.05, 0) is 57.7 Å². The van der Waals surface area contributed by atoms with E-state index < -0.39 is 59.5 Å². The second kappa shape index (κ2) is 20.3. The van der Waals surface area contributed by atoms with Crippen LogP contribution in [0.25, 0.3) is 0 Å². The summed E-state index contributed by atoms with van der Waals surface area (Å²) in [7, 11) is 0. The summed E-state index contributed by atoms with van der Waals surface area (Å²) in [6, 6.07) is 5.25. The van der Waals surface area contributed by atoms with Gasteiger partial charge in [-0.15, -0.1) is 0 Å². The van der Waals surface area contributed by atoms with Crippen molar-refractivity contribution < 1.29 is 68.1 Å². The van der Waals surface area contributed by atoms with Crippen LogP contribution in [0.1, 0.15) is 64.0 Å². The first kappa shape index (κ1) is 41.7. The van der Waals surface area contributed by atoms with Gasteiger partial charge in [0.15, 0.2) is 0 Å². The van der Waals surface area contributed by atoms with Gasteiger partial charge < -0.3 is 44.1 Å². The largest absolute Gasteiger partial charge is 0.487 e. The molecule has 15 nitrogen and oxygen atoms in total. The van der Waals surface area contributed by atoms with Crippen LogP contribution in [0.3, 0.4) is 0 Å². The van der Waals surface area contributed by atoms with E-state index in [4.69, 9.17) is 23.7 Å². The molecule has 2 amide bonds. The van der Waals surface area contributed by atoms with Crippen molar-refractivity contribution in [3.8, 4) is 5.75 Å². The van der Waals surface area contributed by atoms with Gasteiger partial charge in [0, 0.05) is 56.7 Å². The number of Topliss-reactive ketones (excluding diaryl/α,β-unsaturated/α-hetero) is 1. The van der Waals surface area contributed by atoms with E-state index in [1.165, 1.54) is 12.2 Å². The molecule has 1 aliphatic carbocycles. The van der Waals surface area contributed by atoms with Crippen LogP contribution in [0, 0.1) is 11.3 Å². The Morgan fingerprint density at radius 1 is 0.824 bits per heavy atom. The van der Waals surface area contributed by atoms with Crippen molar-refractivity contribution in [3.05, 3.63) is 41.5 Å². The number of aryl methyl sites for hydroxylation is 1. The Morgan fingerprint density at radius 3 is 2.04 bits per heavy atom.